The molecule has 0 aromatic heterocycles. The number of allylic oxidation sites excluding steroid dienone is 1. The summed E-state index contributed by atoms with van der Waals surface area (Å²) in [7, 11) is 0. The second-order valence-corrected chi connectivity index (χ2v) is 3.73. The number of thiol groups is 1. The van der Waals surface area contributed by atoms with Crippen LogP contribution in [0, 0.1) is 11.8 Å². The summed E-state index contributed by atoms with van der Waals surface area (Å²) in [5, 5.41) is 0.494. The molecule has 0 spiro atoms. The van der Waals surface area contributed by atoms with Crippen LogP contribution in [0.5, 0.6) is 0 Å². The predicted octanol–water partition coefficient (Wildman–Crippen LogP) is 2.52. The Kier molecular flexibility index (Phi) is 5.87. The highest BCUT2D eigenvalue weighted by Crippen LogP contribution is 2.27. The molecule has 1 nitrogen and oxygen atoms in total. The molecule has 2 heteroatoms. The van der Waals surface area contributed by atoms with Crippen molar-refractivity contribution in [2.24, 2.45) is 11.8 Å². The van der Waals surface area contributed by atoms with Gasteiger partial charge in [-0.05, 0) is 24.8 Å². The van der Waals surface area contributed by atoms with Crippen LogP contribution >= 0.6 is 12.6 Å². The van der Waals surface area contributed by atoms with E-state index >= 15 is 0 Å². The molecule has 0 N–H and O–H groups in total. The van der Waals surface area contributed by atoms with E-state index in [9.17, 15) is 0 Å². The van der Waals surface area contributed by atoms with Crippen molar-refractivity contribution in [2.75, 3.05) is 0 Å². The van der Waals surface area contributed by atoms with E-state index in [-0.39, 0.29) is 0 Å². The van der Waals surface area contributed by atoms with E-state index in [2.05, 4.69) is 45.2 Å². The number of hydrogen-bond acceptors (Lipinski definition) is 2. The van der Waals surface area contributed by atoms with Crippen LogP contribution in [0.15, 0.2) is 18.7 Å². The molecule has 0 radical (unpaired) electrons. The van der Waals surface area contributed by atoms with Crippen LogP contribution in [0.3, 0.4) is 0 Å². The summed E-state index contributed by atoms with van der Waals surface area (Å²) in [5.74, 6) is 2.82. The third-order valence-corrected chi connectivity index (χ3v) is 2.92. The Morgan fingerprint density at radius 2 is 2.08 bits per heavy atom. The second kappa shape index (κ2) is 6.10. The van der Waals surface area contributed by atoms with Crippen molar-refractivity contribution in [2.45, 2.75) is 25.5 Å². The van der Waals surface area contributed by atoms with Crippen LogP contribution in [-0.4, -0.2) is 11.2 Å². The van der Waals surface area contributed by atoms with Crippen LogP contribution in [0.1, 0.15) is 20.3 Å². The van der Waals surface area contributed by atoms with Gasteiger partial charge in [-0.2, -0.15) is 12.6 Å². The molecule has 0 amide bonds. The molecular weight excluding hydrogens is 168 g/mol. The van der Waals surface area contributed by atoms with Gasteiger partial charge in [-0.15, -0.1) is 0 Å². The molecule has 0 aromatic rings. The van der Waals surface area contributed by atoms with Crippen LogP contribution in [0.2, 0.25) is 0 Å². The third kappa shape index (κ3) is 3.80. The number of hydrogen-bond donors (Lipinski definition) is 1. The van der Waals surface area contributed by atoms with E-state index in [1.807, 2.05) is 0 Å². The topological polar surface area (TPSA) is 17.1 Å². The van der Waals surface area contributed by atoms with Crippen molar-refractivity contribution in [3.8, 4) is 0 Å². The minimum Gasteiger partial charge on any atom is -0.234 e. The first-order valence-electron chi connectivity index (χ1n) is 4.12. The standard InChI is InChI=1S/C8H14S.C2H2O/c1-6-4-3-5-8(9)7(6)2;1-2-3/h3,5-9H,4H2,1-2H3;1H2. The lowest BCUT2D eigenvalue weighted by Crippen LogP contribution is -2.20. The molecule has 3 atom stereocenters. The Labute approximate surface area is 80.0 Å². The summed E-state index contributed by atoms with van der Waals surface area (Å²) >= 11 is 4.43. The molecular formula is C10H16OS. The van der Waals surface area contributed by atoms with Gasteiger partial charge in [0.1, 0.15) is 5.94 Å². The van der Waals surface area contributed by atoms with Crippen LogP contribution in [-0.2, 0) is 4.79 Å². The Hall–Kier alpha value is -0.460. The van der Waals surface area contributed by atoms with Gasteiger partial charge in [0.15, 0.2) is 0 Å². The molecule has 0 saturated carbocycles. The average Bonchev–Trinajstić information content (AvgIpc) is 2.02. The molecule has 0 saturated heterocycles. The van der Waals surface area contributed by atoms with Gasteiger partial charge >= 0.3 is 0 Å². The number of rotatable bonds is 0. The third-order valence-electron chi connectivity index (χ3n) is 2.28. The van der Waals surface area contributed by atoms with E-state index < -0.39 is 0 Å². The summed E-state index contributed by atoms with van der Waals surface area (Å²) < 4.78 is 0. The van der Waals surface area contributed by atoms with Crippen molar-refractivity contribution in [3.05, 3.63) is 18.7 Å². The summed E-state index contributed by atoms with van der Waals surface area (Å²) in [6.07, 6.45) is 5.67. The number of carbonyl (C=O) groups excluding carboxylic acids is 1. The lowest BCUT2D eigenvalue weighted by molar-refractivity contribution is 0.389. The normalized spacial score (nSPS) is 33.1. The minimum atomic E-state index is 0.494. The molecule has 12 heavy (non-hydrogen) atoms. The first kappa shape index (κ1) is 11.5. The van der Waals surface area contributed by atoms with E-state index in [1.54, 1.807) is 0 Å². The molecule has 68 valence electrons. The highest BCUT2D eigenvalue weighted by molar-refractivity contribution is 7.81. The highest BCUT2D eigenvalue weighted by Gasteiger charge is 2.19. The monoisotopic (exact) mass is 184 g/mol. The van der Waals surface area contributed by atoms with Gasteiger partial charge < -0.3 is 0 Å². The van der Waals surface area contributed by atoms with Crippen LogP contribution < -0.4 is 0 Å². The molecule has 1 aliphatic carbocycles. The fourth-order valence-electron chi connectivity index (χ4n) is 1.16. The maximum Gasteiger partial charge on any atom is 0.116 e. The van der Waals surface area contributed by atoms with E-state index in [4.69, 9.17) is 4.79 Å². The fraction of sp³-hybridized carbons (Fsp3) is 0.600. The first-order chi connectivity index (χ1) is 5.63. The molecule has 0 aromatic carbocycles. The predicted molar refractivity (Wildman–Crippen MR) is 56.2 cm³/mol. The average molecular weight is 184 g/mol. The van der Waals surface area contributed by atoms with Gasteiger partial charge in [-0.3, -0.25) is 0 Å². The molecule has 0 heterocycles. The molecule has 0 aliphatic heterocycles. The van der Waals surface area contributed by atoms with Gasteiger partial charge in [-0.25, -0.2) is 4.79 Å². The Bertz CT molecular complexity index is 180. The Morgan fingerprint density at radius 1 is 1.58 bits per heavy atom. The molecule has 1 aliphatic rings. The SMILES string of the molecule is C=C=O.CC1CC=CC(S)C1C. The zero-order valence-electron chi connectivity index (χ0n) is 7.66. The molecule has 3 unspecified atom stereocenters. The second-order valence-electron chi connectivity index (χ2n) is 3.14. The largest absolute Gasteiger partial charge is 0.234 e. The van der Waals surface area contributed by atoms with Crippen molar-refractivity contribution in [3.63, 3.8) is 0 Å². The van der Waals surface area contributed by atoms with Crippen molar-refractivity contribution in [1.29, 1.82) is 0 Å². The zero-order chi connectivity index (χ0) is 9.56. The van der Waals surface area contributed by atoms with Crippen molar-refractivity contribution in [1.82, 2.24) is 0 Å². The lowest BCUT2D eigenvalue weighted by atomic mass is 9.86. The lowest BCUT2D eigenvalue weighted by Gasteiger charge is -2.26. The fourth-order valence-corrected chi connectivity index (χ4v) is 1.57. The van der Waals surface area contributed by atoms with Crippen LogP contribution in [0.25, 0.3) is 0 Å². The van der Waals surface area contributed by atoms with E-state index in [0.29, 0.717) is 5.25 Å². The van der Waals surface area contributed by atoms with Crippen LogP contribution in [0.4, 0.5) is 0 Å². The molecule has 1 rings (SSSR count). The minimum absolute atomic E-state index is 0.494. The summed E-state index contributed by atoms with van der Waals surface area (Å²) in [6.45, 7) is 7.24. The summed E-state index contributed by atoms with van der Waals surface area (Å²) in [4.78, 5) is 8.57. The van der Waals surface area contributed by atoms with Gasteiger partial charge in [-0.1, -0.05) is 26.0 Å². The highest BCUT2D eigenvalue weighted by atomic mass is 32.1. The summed E-state index contributed by atoms with van der Waals surface area (Å²) in [6, 6.07) is 0. The van der Waals surface area contributed by atoms with E-state index in [0.717, 1.165) is 11.8 Å². The maximum absolute atomic E-state index is 8.57. The molecule has 0 bridgehead atoms. The molecule has 0 fully saturated rings. The summed E-state index contributed by atoms with van der Waals surface area (Å²) in [5.41, 5.74) is 0. The van der Waals surface area contributed by atoms with Crippen molar-refractivity contribution >= 4 is 18.6 Å². The quantitative estimate of drug-likeness (QED) is 0.348. The smallest absolute Gasteiger partial charge is 0.116 e. The van der Waals surface area contributed by atoms with E-state index in [1.165, 1.54) is 12.4 Å². The first-order valence-corrected chi connectivity index (χ1v) is 4.64. The van der Waals surface area contributed by atoms with Crippen molar-refractivity contribution < 1.29 is 4.79 Å². The van der Waals surface area contributed by atoms with Gasteiger partial charge in [0.05, 0.1) is 0 Å². The Morgan fingerprint density at radius 3 is 2.42 bits per heavy atom. The van der Waals surface area contributed by atoms with Gasteiger partial charge in [0.25, 0.3) is 0 Å². The van der Waals surface area contributed by atoms with Gasteiger partial charge in [0, 0.05) is 5.25 Å². The zero-order valence-corrected chi connectivity index (χ0v) is 8.55. The maximum atomic E-state index is 8.57. The Balaban J connectivity index is 0.000000354. The van der Waals surface area contributed by atoms with Gasteiger partial charge in [0.2, 0.25) is 0 Å².